The van der Waals surface area contributed by atoms with Gasteiger partial charge in [-0.05, 0) is 62.8 Å². The predicted octanol–water partition coefficient (Wildman–Crippen LogP) is 7.26. The second-order valence-corrected chi connectivity index (χ2v) is 12.9. The average Bonchev–Trinajstić information content (AvgIpc) is 3.19. The first kappa shape index (κ1) is 30.5. The van der Waals surface area contributed by atoms with Crippen molar-refractivity contribution in [3.8, 4) is 6.07 Å². The minimum atomic E-state index is -1.73. The highest BCUT2D eigenvalue weighted by Gasteiger charge is 2.62. The van der Waals surface area contributed by atoms with Crippen LogP contribution in [0.15, 0.2) is 48.0 Å². The van der Waals surface area contributed by atoms with E-state index in [0.29, 0.717) is 26.1 Å². The number of nitrogens with one attached hydrogen (secondary N) is 1. The van der Waals surface area contributed by atoms with Crippen LogP contribution in [0.4, 0.5) is 8.78 Å². The highest BCUT2D eigenvalue weighted by molar-refractivity contribution is 6.31. The first-order valence-electron chi connectivity index (χ1n) is 13.3. The largest absolute Gasteiger partial charge is 0.459 e. The number of carbonyl (C=O) groups is 1. The van der Waals surface area contributed by atoms with Crippen molar-refractivity contribution >= 4 is 29.2 Å². The minimum Gasteiger partial charge on any atom is -0.459 e. The molecule has 1 N–H and O–H groups in total. The second kappa shape index (κ2) is 11.4. The smallest absolute Gasteiger partial charge is 0.324 e. The van der Waals surface area contributed by atoms with Crippen LogP contribution in [0.1, 0.15) is 64.5 Å². The number of nitrogens with zero attached hydrogens (tertiary/aromatic N) is 1. The summed E-state index contributed by atoms with van der Waals surface area (Å²) in [6.07, 6.45) is 3.07. The third-order valence-electron chi connectivity index (χ3n) is 7.84. The molecule has 5 nitrogen and oxygen atoms in total. The van der Waals surface area contributed by atoms with E-state index in [9.17, 15) is 10.1 Å². The zero-order valence-electron chi connectivity index (χ0n) is 23.3. The molecule has 2 aliphatic heterocycles. The highest BCUT2D eigenvalue weighted by Crippen LogP contribution is 2.54. The predicted molar refractivity (Wildman–Crippen MR) is 151 cm³/mol. The quantitative estimate of drug-likeness (QED) is 0.283. The molecular weight excluding hydrogens is 557 g/mol. The number of hydrogen-bond donors (Lipinski definition) is 1. The molecule has 1 saturated heterocycles. The summed E-state index contributed by atoms with van der Waals surface area (Å²) in [5.41, 5.74) is -1.88. The van der Waals surface area contributed by atoms with E-state index in [1.54, 1.807) is 26.8 Å². The maximum Gasteiger partial charge on any atom is 0.324 e. The summed E-state index contributed by atoms with van der Waals surface area (Å²) in [6.45, 7) is 10.3. The van der Waals surface area contributed by atoms with E-state index < -0.39 is 52.0 Å². The van der Waals surface area contributed by atoms with E-state index in [1.807, 2.05) is 19.9 Å². The van der Waals surface area contributed by atoms with Crippen molar-refractivity contribution in [3.05, 3.63) is 80.9 Å². The van der Waals surface area contributed by atoms with Crippen molar-refractivity contribution in [1.29, 1.82) is 5.26 Å². The molecule has 0 saturated carbocycles. The van der Waals surface area contributed by atoms with Gasteiger partial charge in [-0.3, -0.25) is 10.1 Å². The van der Waals surface area contributed by atoms with E-state index in [1.165, 1.54) is 24.3 Å². The van der Waals surface area contributed by atoms with Crippen molar-refractivity contribution in [1.82, 2.24) is 5.32 Å². The monoisotopic (exact) mass is 590 g/mol. The van der Waals surface area contributed by atoms with Crippen LogP contribution >= 0.6 is 23.2 Å². The molecule has 9 heteroatoms. The van der Waals surface area contributed by atoms with E-state index in [4.69, 9.17) is 32.7 Å². The molecule has 214 valence electrons. The van der Waals surface area contributed by atoms with E-state index in [-0.39, 0.29) is 21.2 Å². The molecule has 40 heavy (non-hydrogen) atoms. The van der Waals surface area contributed by atoms with Crippen LogP contribution in [-0.4, -0.2) is 36.9 Å². The number of carbonyl (C=O) groups excluding carboxylic acids is 1. The second-order valence-electron chi connectivity index (χ2n) is 12.1. The van der Waals surface area contributed by atoms with Crippen molar-refractivity contribution in [2.45, 2.75) is 76.5 Å². The number of benzene rings is 2. The molecule has 2 heterocycles. The van der Waals surface area contributed by atoms with Gasteiger partial charge < -0.3 is 9.47 Å². The molecule has 2 aromatic rings. The van der Waals surface area contributed by atoms with Gasteiger partial charge in [0.2, 0.25) is 0 Å². The van der Waals surface area contributed by atoms with Gasteiger partial charge in [-0.1, -0.05) is 66.9 Å². The Morgan fingerprint density at radius 3 is 2.52 bits per heavy atom. The zero-order valence-corrected chi connectivity index (χ0v) is 24.8. The van der Waals surface area contributed by atoms with E-state index >= 15 is 8.78 Å². The van der Waals surface area contributed by atoms with Gasteiger partial charge >= 0.3 is 5.97 Å². The average molecular weight is 592 g/mol. The summed E-state index contributed by atoms with van der Waals surface area (Å²) in [4.78, 5) is 13.7. The Morgan fingerprint density at radius 2 is 1.93 bits per heavy atom. The summed E-state index contributed by atoms with van der Waals surface area (Å²) >= 11 is 12.3. The van der Waals surface area contributed by atoms with Gasteiger partial charge in [0.05, 0.1) is 24.3 Å². The van der Waals surface area contributed by atoms with Crippen LogP contribution < -0.4 is 5.32 Å². The third kappa shape index (κ3) is 5.78. The van der Waals surface area contributed by atoms with Gasteiger partial charge in [-0.15, -0.1) is 0 Å². The minimum absolute atomic E-state index is 0.0177. The number of nitriles is 1. The molecular formula is C31H34Cl2F2N2O3. The maximum atomic E-state index is 15.8. The first-order valence-corrected chi connectivity index (χ1v) is 14.0. The van der Waals surface area contributed by atoms with E-state index in [0.717, 1.165) is 11.6 Å². The summed E-state index contributed by atoms with van der Waals surface area (Å²) in [6, 6.07) is 8.91. The Bertz CT molecular complexity index is 1370. The molecule has 0 spiro atoms. The van der Waals surface area contributed by atoms with Crippen LogP contribution in [0.5, 0.6) is 0 Å². The molecule has 4 rings (SSSR count). The van der Waals surface area contributed by atoms with Crippen LogP contribution in [0.25, 0.3) is 0 Å². The number of ether oxygens (including phenoxy) is 2. The fraction of sp³-hybridized carbons (Fsp3) is 0.484. The Hall–Kier alpha value is -2.50. The Morgan fingerprint density at radius 1 is 1.20 bits per heavy atom. The molecule has 1 fully saturated rings. The molecule has 0 bridgehead atoms. The van der Waals surface area contributed by atoms with Crippen LogP contribution in [0, 0.1) is 28.4 Å². The van der Waals surface area contributed by atoms with Crippen LogP contribution in [0.3, 0.4) is 0 Å². The molecule has 0 aromatic heterocycles. The lowest BCUT2D eigenvalue weighted by Crippen LogP contribution is -2.45. The summed E-state index contributed by atoms with van der Waals surface area (Å²) in [5.74, 6) is -3.34. The number of esters is 1. The topological polar surface area (TPSA) is 71.3 Å². The summed E-state index contributed by atoms with van der Waals surface area (Å²) < 4.78 is 42.9. The fourth-order valence-corrected chi connectivity index (χ4v) is 6.41. The Kier molecular flexibility index (Phi) is 8.69. The van der Waals surface area contributed by atoms with Gasteiger partial charge in [-0.25, -0.2) is 8.78 Å². The lowest BCUT2D eigenvalue weighted by molar-refractivity contribution is -0.157. The van der Waals surface area contributed by atoms with Gasteiger partial charge in [-0.2, -0.15) is 5.26 Å². The highest BCUT2D eigenvalue weighted by atomic mass is 35.5. The number of rotatable bonds is 6. The molecule has 2 aliphatic rings. The Labute approximate surface area is 244 Å². The van der Waals surface area contributed by atoms with Crippen molar-refractivity contribution in [2.24, 2.45) is 5.41 Å². The fourth-order valence-electron chi connectivity index (χ4n) is 6.07. The maximum absolute atomic E-state index is 15.8. The summed E-state index contributed by atoms with van der Waals surface area (Å²) in [5, 5.41) is 14.3. The molecule has 0 amide bonds. The zero-order chi connectivity index (χ0) is 29.5. The summed E-state index contributed by atoms with van der Waals surface area (Å²) in [7, 11) is 0. The van der Waals surface area contributed by atoms with Crippen LogP contribution in [-0.2, 0) is 19.7 Å². The standard InChI is InChI=1S/C31H34Cl2F2N2O3/c1-29(2,3)40-28(38)27-25(20-7-6-8-22(33)26(20)35)31(17-36,21-10-9-19(32)15-23(21)34)24(37-27)16-30(4,5)18-11-13-39-14-12-18/h6-11,15,24-25,27,37H,12-14,16H2,1-5H3/t24-,25-,27+,31-/m0/s1. The number of halogens is 4. The normalized spacial score (nSPS) is 25.3. The van der Waals surface area contributed by atoms with Gasteiger partial charge in [0.1, 0.15) is 28.7 Å². The van der Waals surface area contributed by atoms with Gasteiger partial charge in [0.15, 0.2) is 0 Å². The van der Waals surface area contributed by atoms with Crippen LogP contribution in [0.2, 0.25) is 10.0 Å². The Balaban J connectivity index is 1.98. The molecule has 0 radical (unpaired) electrons. The van der Waals surface area contributed by atoms with Gasteiger partial charge in [0, 0.05) is 22.5 Å². The van der Waals surface area contributed by atoms with Crippen molar-refractivity contribution in [3.63, 3.8) is 0 Å². The van der Waals surface area contributed by atoms with Gasteiger partial charge in [0.25, 0.3) is 0 Å². The number of hydrogen-bond acceptors (Lipinski definition) is 5. The lowest BCUT2D eigenvalue weighted by atomic mass is 9.61. The molecule has 2 aromatic carbocycles. The molecule has 0 unspecified atom stereocenters. The van der Waals surface area contributed by atoms with Crippen molar-refractivity contribution < 1.29 is 23.0 Å². The molecule has 0 aliphatic carbocycles. The first-order chi connectivity index (χ1) is 18.7. The SMILES string of the molecule is CC(C)(C)OC(=O)[C@@H]1N[C@@H](CC(C)(C)C2=CCOCC2)[C@](C#N)(c2ccc(Cl)cc2F)[C@H]1c1cccc(Cl)c1F. The molecule has 4 atom stereocenters. The van der Waals surface area contributed by atoms with Crippen molar-refractivity contribution in [2.75, 3.05) is 13.2 Å². The lowest BCUT2D eigenvalue weighted by Gasteiger charge is -2.39. The van der Waals surface area contributed by atoms with E-state index in [2.05, 4.69) is 11.4 Å². The third-order valence-corrected chi connectivity index (χ3v) is 8.37.